The van der Waals surface area contributed by atoms with Crippen LogP contribution in [0.5, 0.6) is 0 Å². The van der Waals surface area contributed by atoms with Crippen LogP contribution < -0.4 is 0 Å². The van der Waals surface area contributed by atoms with Gasteiger partial charge in [-0.3, -0.25) is 0 Å². The molecule has 3 N–H and O–H groups in total. The highest BCUT2D eigenvalue weighted by Gasteiger charge is 2.50. The Hall–Kier alpha value is -0.900. The molecule has 3 heteroatoms. The molecule has 3 fully saturated rings. The fourth-order valence-electron chi connectivity index (χ4n) is 6.91. The summed E-state index contributed by atoms with van der Waals surface area (Å²) in [5, 5.41) is 30.7. The van der Waals surface area contributed by atoms with Gasteiger partial charge in [-0.2, -0.15) is 0 Å². The van der Waals surface area contributed by atoms with Crippen LogP contribution in [-0.2, 0) is 0 Å². The minimum Gasteiger partial charge on any atom is -0.393 e. The summed E-state index contributed by atoms with van der Waals surface area (Å²) in [6, 6.07) is 0. The van der Waals surface area contributed by atoms with E-state index in [1.54, 1.807) is 0 Å². The first-order chi connectivity index (χ1) is 14.1. The van der Waals surface area contributed by atoms with Crippen molar-refractivity contribution >= 4 is 0 Å². The van der Waals surface area contributed by atoms with Gasteiger partial charge in [0.15, 0.2) is 0 Å². The van der Waals surface area contributed by atoms with Crippen LogP contribution in [0.15, 0.2) is 35.5 Å². The molecule has 0 saturated heterocycles. The highest BCUT2D eigenvalue weighted by molar-refractivity contribution is 5.38. The van der Waals surface area contributed by atoms with Gasteiger partial charge in [-0.25, -0.2) is 0 Å². The molecule has 30 heavy (non-hydrogen) atoms. The highest BCUT2D eigenvalue weighted by atomic mass is 16.3. The van der Waals surface area contributed by atoms with E-state index in [0.717, 1.165) is 30.4 Å². The van der Waals surface area contributed by atoms with Gasteiger partial charge in [0, 0.05) is 6.42 Å². The zero-order valence-corrected chi connectivity index (χ0v) is 19.6. The Morgan fingerprint density at radius 1 is 1.13 bits per heavy atom. The van der Waals surface area contributed by atoms with Gasteiger partial charge in [0.05, 0.1) is 18.3 Å². The summed E-state index contributed by atoms with van der Waals surface area (Å²) in [6.07, 6.45) is 12.1. The van der Waals surface area contributed by atoms with Gasteiger partial charge >= 0.3 is 0 Å². The Morgan fingerprint density at radius 2 is 1.87 bits per heavy atom. The first-order valence-electron chi connectivity index (χ1n) is 12.2. The summed E-state index contributed by atoms with van der Waals surface area (Å²) < 4.78 is 0. The molecular weight excluding hydrogens is 372 g/mol. The number of fused-ring (bicyclic) bond motifs is 1. The normalized spacial score (nSPS) is 39.5. The van der Waals surface area contributed by atoms with Crippen molar-refractivity contribution in [2.24, 2.45) is 29.1 Å². The van der Waals surface area contributed by atoms with E-state index in [9.17, 15) is 15.3 Å². The summed E-state index contributed by atoms with van der Waals surface area (Å²) in [5.41, 5.74) is 3.63. The maximum Gasteiger partial charge on any atom is 0.0811 e. The van der Waals surface area contributed by atoms with Crippen molar-refractivity contribution in [2.75, 3.05) is 0 Å². The Bertz CT molecular complexity index is 676. The summed E-state index contributed by atoms with van der Waals surface area (Å²) >= 11 is 0. The van der Waals surface area contributed by atoms with Crippen LogP contribution >= 0.6 is 0 Å². The maximum absolute atomic E-state index is 10.5. The topological polar surface area (TPSA) is 60.7 Å². The summed E-state index contributed by atoms with van der Waals surface area (Å²) in [5.74, 6) is 2.39. The number of aliphatic hydroxyl groups excluding tert-OH is 3. The smallest absolute Gasteiger partial charge is 0.0811 e. The van der Waals surface area contributed by atoms with Crippen molar-refractivity contribution in [3.05, 3.63) is 35.5 Å². The molecule has 1 unspecified atom stereocenters. The zero-order valence-electron chi connectivity index (χ0n) is 19.6. The monoisotopic (exact) mass is 416 g/mol. The third kappa shape index (κ3) is 5.11. The molecule has 170 valence electrons. The first-order valence-corrected chi connectivity index (χ1v) is 12.2. The fourth-order valence-corrected chi connectivity index (χ4v) is 6.91. The maximum atomic E-state index is 10.5. The van der Waals surface area contributed by atoms with Gasteiger partial charge in [-0.15, -0.1) is 0 Å². The molecule has 0 radical (unpaired) electrons. The van der Waals surface area contributed by atoms with Gasteiger partial charge in [-0.05, 0) is 91.6 Å². The molecule has 0 bridgehead atoms. The van der Waals surface area contributed by atoms with Gasteiger partial charge in [-0.1, -0.05) is 52.0 Å². The first kappa shape index (κ1) is 23.8. The molecule has 3 nitrogen and oxygen atoms in total. The van der Waals surface area contributed by atoms with Crippen molar-refractivity contribution in [1.82, 2.24) is 0 Å². The zero-order chi connectivity index (χ0) is 22.1. The lowest BCUT2D eigenvalue weighted by Crippen LogP contribution is -2.36. The highest BCUT2D eigenvalue weighted by Crippen LogP contribution is 2.60. The van der Waals surface area contributed by atoms with Crippen LogP contribution in [-0.4, -0.2) is 33.6 Å². The summed E-state index contributed by atoms with van der Waals surface area (Å²) in [4.78, 5) is 0. The van der Waals surface area contributed by atoms with Gasteiger partial charge in [0.25, 0.3) is 0 Å². The molecule has 0 aromatic carbocycles. The lowest BCUT2D eigenvalue weighted by atomic mass is 9.60. The van der Waals surface area contributed by atoms with Crippen LogP contribution in [0.3, 0.4) is 0 Å². The Morgan fingerprint density at radius 3 is 2.57 bits per heavy atom. The number of hydrogen-bond donors (Lipinski definition) is 3. The third-order valence-electron chi connectivity index (χ3n) is 8.38. The van der Waals surface area contributed by atoms with Crippen LogP contribution in [0.25, 0.3) is 0 Å². The van der Waals surface area contributed by atoms with Crippen LogP contribution in [0, 0.1) is 29.1 Å². The van der Waals surface area contributed by atoms with E-state index in [0.29, 0.717) is 41.9 Å². The largest absolute Gasteiger partial charge is 0.393 e. The molecule has 0 spiro atoms. The SMILES string of the molecule is C=C1C(=CC=C2CCC[C@]3(C)[C@@H]([C@H](C)CC(O)CC(C)C)CC[C@@H]23)C[C@@H](O)C[C@@H]1O. The number of hydrogen-bond acceptors (Lipinski definition) is 3. The fraction of sp³-hybridized carbons (Fsp3) is 0.778. The lowest BCUT2D eigenvalue weighted by Gasteiger charge is -2.44. The Labute approximate surface area is 184 Å². The second-order valence-electron chi connectivity index (χ2n) is 11.2. The Balaban J connectivity index is 1.73. The number of aliphatic hydroxyl groups is 3. The van der Waals surface area contributed by atoms with E-state index < -0.39 is 12.2 Å². The minimum absolute atomic E-state index is 0.179. The van der Waals surface area contributed by atoms with Crippen molar-refractivity contribution < 1.29 is 15.3 Å². The molecule has 0 heterocycles. The molecule has 3 rings (SSSR count). The molecule has 0 aromatic heterocycles. The van der Waals surface area contributed by atoms with Crippen molar-refractivity contribution in [1.29, 1.82) is 0 Å². The van der Waals surface area contributed by atoms with E-state index in [1.807, 2.05) is 0 Å². The average Bonchev–Trinajstić information content (AvgIpc) is 3.00. The lowest BCUT2D eigenvalue weighted by molar-refractivity contribution is 0.0571. The van der Waals surface area contributed by atoms with Crippen molar-refractivity contribution in [2.45, 2.75) is 104 Å². The van der Waals surface area contributed by atoms with Crippen molar-refractivity contribution in [3.8, 4) is 0 Å². The predicted octanol–water partition coefficient (Wildman–Crippen LogP) is 5.56. The standard InChI is InChI=1S/C27H44O3/c1-17(2)13-22(28)14-18(3)24-10-11-25-20(7-6-12-27(24,25)5)8-9-21-15-23(29)16-26(30)19(21)4/h8-9,17-18,22-26,28-30H,4,6-7,10-16H2,1-3,5H3/t18-,22?,23-,24-,25+,26+,27-/m1/s1. The van der Waals surface area contributed by atoms with Crippen LogP contribution in [0.4, 0.5) is 0 Å². The quantitative estimate of drug-likeness (QED) is 0.531. The van der Waals surface area contributed by atoms with Crippen LogP contribution in [0.1, 0.15) is 85.5 Å². The van der Waals surface area contributed by atoms with Gasteiger partial charge < -0.3 is 15.3 Å². The molecule has 7 atom stereocenters. The third-order valence-corrected chi connectivity index (χ3v) is 8.38. The van der Waals surface area contributed by atoms with E-state index in [2.05, 4.69) is 46.4 Å². The number of rotatable bonds is 6. The predicted molar refractivity (Wildman–Crippen MR) is 124 cm³/mol. The molecular formula is C27H44O3. The minimum atomic E-state index is -0.621. The second-order valence-corrected chi connectivity index (χ2v) is 11.2. The average molecular weight is 417 g/mol. The van der Waals surface area contributed by atoms with E-state index >= 15 is 0 Å². The molecule has 0 aliphatic heterocycles. The van der Waals surface area contributed by atoms with E-state index in [-0.39, 0.29) is 6.10 Å². The second kappa shape index (κ2) is 9.71. The van der Waals surface area contributed by atoms with Gasteiger partial charge in [0.2, 0.25) is 0 Å². The molecule has 3 aliphatic carbocycles. The summed E-state index contributed by atoms with van der Waals surface area (Å²) in [7, 11) is 0. The summed E-state index contributed by atoms with van der Waals surface area (Å²) in [6.45, 7) is 13.3. The molecule has 0 aromatic rings. The van der Waals surface area contributed by atoms with Crippen LogP contribution in [0.2, 0.25) is 0 Å². The van der Waals surface area contributed by atoms with E-state index in [4.69, 9.17) is 0 Å². The molecule has 3 saturated carbocycles. The Kier molecular flexibility index (Phi) is 7.69. The van der Waals surface area contributed by atoms with Gasteiger partial charge in [0.1, 0.15) is 0 Å². The molecule has 0 amide bonds. The van der Waals surface area contributed by atoms with E-state index in [1.165, 1.54) is 31.3 Å². The molecule has 3 aliphatic rings. The number of allylic oxidation sites excluding steroid dienone is 3. The van der Waals surface area contributed by atoms with Crippen molar-refractivity contribution in [3.63, 3.8) is 0 Å².